The van der Waals surface area contributed by atoms with Crippen molar-refractivity contribution in [2.24, 2.45) is 22.5 Å². The first kappa shape index (κ1) is 14.0. The Bertz CT molecular complexity index is 314. The summed E-state index contributed by atoms with van der Waals surface area (Å²) in [6.45, 7) is 8.72. The number of primary amides is 1. The third-order valence-corrected chi connectivity index (χ3v) is 3.43. The van der Waals surface area contributed by atoms with Crippen LogP contribution >= 0.6 is 0 Å². The summed E-state index contributed by atoms with van der Waals surface area (Å²) in [4.78, 5) is 23.7. The van der Waals surface area contributed by atoms with Gasteiger partial charge in [0, 0.05) is 6.54 Å². The Morgan fingerprint density at radius 3 is 2.18 bits per heavy atom. The lowest BCUT2D eigenvalue weighted by Crippen LogP contribution is -2.43. The van der Waals surface area contributed by atoms with Crippen molar-refractivity contribution < 1.29 is 9.59 Å². The van der Waals surface area contributed by atoms with Crippen molar-refractivity contribution >= 4 is 11.8 Å². The molecule has 1 aliphatic carbocycles. The van der Waals surface area contributed by atoms with E-state index in [9.17, 15) is 9.59 Å². The van der Waals surface area contributed by atoms with Gasteiger partial charge in [0.2, 0.25) is 11.8 Å². The summed E-state index contributed by atoms with van der Waals surface area (Å²) in [6.07, 6.45) is 2.20. The molecule has 1 unspecified atom stereocenters. The van der Waals surface area contributed by atoms with Gasteiger partial charge < -0.3 is 11.1 Å². The van der Waals surface area contributed by atoms with E-state index in [0.717, 1.165) is 12.8 Å². The summed E-state index contributed by atoms with van der Waals surface area (Å²) in [6, 6.07) is 0. The highest BCUT2D eigenvalue weighted by atomic mass is 16.2. The fourth-order valence-electron chi connectivity index (χ4n) is 2.35. The molecule has 0 radical (unpaired) electrons. The van der Waals surface area contributed by atoms with Crippen molar-refractivity contribution in [2.45, 2.75) is 47.0 Å². The lowest BCUT2D eigenvalue weighted by molar-refractivity contribution is -0.136. The smallest absolute Gasteiger partial charge is 0.224 e. The van der Waals surface area contributed by atoms with Crippen LogP contribution in [-0.2, 0) is 9.59 Å². The lowest BCUT2D eigenvalue weighted by atomic mass is 9.75. The van der Waals surface area contributed by atoms with Crippen LogP contribution in [0.25, 0.3) is 0 Å². The van der Waals surface area contributed by atoms with Crippen LogP contribution in [0.3, 0.4) is 0 Å². The van der Waals surface area contributed by atoms with Crippen molar-refractivity contribution in [2.75, 3.05) is 6.54 Å². The van der Waals surface area contributed by atoms with E-state index < -0.39 is 5.41 Å². The number of hydrogen-bond acceptors (Lipinski definition) is 2. The SMILES string of the molecule is CCNC(=O)C(CC(C)(C)C)C1(C(N)=O)CC1. The number of carbonyl (C=O) groups excluding carboxylic acids is 2. The minimum Gasteiger partial charge on any atom is -0.369 e. The summed E-state index contributed by atoms with van der Waals surface area (Å²) < 4.78 is 0. The third kappa shape index (κ3) is 3.20. The van der Waals surface area contributed by atoms with Crippen LogP contribution in [-0.4, -0.2) is 18.4 Å². The van der Waals surface area contributed by atoms with E-state index in [-0.39, 0.29) is 23.1 Å². The van der Waals surface area contributed by atoms with Gasteiger partial charge in [-0.1, -0.05) is 20.8 Å². The van der Waals surface area contributed by atoms with Crippen LogP contribution in [0.1, 0.15) is 47.0 Å². The largest absolute Gasteiger partial charge is 0.369 e. The highest BCUT2D eigenvalue weighted by Gasteiger charge is 2.57. The van der Waals surface area contributed by atoms with E-state index >= 15 is 0 Å². The molecule has 98 valence electrons. The molecule has 17 heavy (non-hydrogen) atoms. The molecule has 0 aromatic rings. The Morgan fingerprint density at radius 1 is 1.35 bits per heavy atom. The minimum atomic E-state index is -0.577. The summed E-state index contributed by atoms with van der Waals surface area (Å²) in [7, 11) is 0. The van der Waals surface area contributed by atoms with Crippen LogP contribution in [0.2, 0.25) is 0 Å². The molecule has 0 aromatic carbocycles. The van der Waals surface area contributed by atoms with Gasteiger partial charge in [-0.2, -0.15) is 0 Å². The fourth-order valence-corrected chi connectivity index (χ4v) is 2.35. The number of nitrogens with two attached hydrogens (primary N) is 1. The van der Waals surface area contributed by atoms with Crippen LogP contribution in [0.4, 0.5) is 0 Å². The maximum absolute atomic E-state index is 12.1. The zero-order valence-corrected chi connectivity index (χ0v) is 11.3. The summed E-state index contributed by atoms with van der Waals surface area (Å²) in [5.41, 5.74) is 4.91. The highest BCUT2D eigenvalue weighted by Crippen LogP contribution is 2.54. The number of amides is 2. The molecule has 3 N–H and O–H groups in total. The van der Waals surface area contributed by atoms with Crippen LogP contribution < -0.4 is 11.1 Å². The molecule has 1 aliphatic rings. The summed E-state index contributed by atoms with van der Waals surface area (Å²) >= 11 is 0. The first-order valence-electron chi connectivity index (χ1n) is 6.30. The predicted octanol–water partition coefficient (Wildman–Crippen LogP) is 1.44. The average molecular weight is 240 g/mol. The highest BCUT2D eigenvalue weighted by molar-refractivity contribution is 5.92. The Balaban J connectivity index is 2.87. The first-order chi connectivity index (χ1) is 7.73. The van der Waals surface area contributed by atoms with Gasteiger partial charge in [0.05, 0.1) is 11.3 Å². The number of rotatable bonds is 5. The molecule has 2 amide bonds. The van der Waals surface area contributed by atoms with Crippen LogP contribution in [0, 0.1) is 16.7 Å². The Labute approximate surface area is 103 Å². The maximum Gasteiger partial charge on any atom is 0.224 e. The molecular formula is C13H24N2O2. The van der Waals surface area contributed by atoms with E-state index in [4.69, 9.17) is 5.73 Å². The van der Waals surface area contributed by atoms with Crippen molar-refractivity contribution in [3.8, 4) is 0 Å². The molecule has 1 rings (SSSR count). The quantitative estimate of drug-likeness (QED) is 0.763. The van der Waals surface area contributed by atoms with Gasteiger partial charge in [0.25, 0.3) is 0 Å². The number of carbonyl (C=O) groups is 2. The lowest BCUT2D eigenvalue weighted by Gasteiger charge is -2.29. The summed E-state index contributed by atoms with van der Waals surface area (Å²) in [5.74, 6) is -0.628. The molecule has 4 nitrogen and oxygen atoms in total. The molecule has 0 saturated heterocycles. The van der Waals surface area contributed by atoms with Crippen LogP contribution in [0.5, 0.6) is 0 Å². The van der Waals surface area contributed by atoms with E-state index in [1.165, 1.54) is 0 Å². The van der Waals surface area contributed by atoms with Gasteiger partial charge in [-0.05, 0) is 31.6 Å². The number of hydrogen-bond donors (Lipinski definition) is 2. The molecule has 0 spiro atoms. The van der Waals surface area contributed by atoms with Gasteiger partial charge in [-0.3, -0.25) is 9.59 Å². The van der Waals surface area contributed by atoms with Gasteiger partial charge in [-0.15, -0.1) is 0 Å². The molecule has 1 fully saturated rings. The van der Waals surface area contributed by atoms with Crippen LogP contribution in [0.15, 0.2) is 0 Å². The van der Waals surface area contributed by atoms with E-state index in [2.05, 4.69) is 26.1 Å². The van der Waals surface area contributed by atoms with E-state index in [0.29, 0.717) is 13.0 Å². The maximum atomic E-state index is 12.1. The Hall–Kier alpha value is -1.06. The Kier molecular flexibility index (Phi) is 3.84. The number of nitrogens with one attached hydrogen (secondary N) is 1. The van der Waals surface area contributed by atoms with Crippen molar-refractivity contribution in [3.63, 3.8) is 0 Å². The second-order valence-corrected chi connectivity index (χ2v) is 6.23. The van der Waals surface area contributed by atoms with Gasteiger partial charge >= 0.3 is 0 Å². The molecule has 4 heteroatoms. The first-order valence-corrected chi connectivity index (χ1v) is 6.30. The van der Waals surface area contributed by atoms with Crippen molar-refractivity contribution in [1.82, 2.24) is 5.32 Å². The fraction of sp³-hybridized carbons (Fsp3) is 0.846. The molecule has 0 bridgehead atoms. The predicted molar refractivity (Wildman–Crippen MR) is 67.1 cm³/mol. The topological polar surface area (TPSA) is 72.2 Å². The minimum absolute atomic E-state index is 0.0147. The standard InChI is InChI=1S/C13H24N2O2/c1-5-15-10(16)9(8-12(2,3)4)13(6-7-13)11(14)17/h9H,5-8H2,1-4H3,(H2,14,17)(H,15,16). The van der Waals surface area contributed by atoms with Gasteiger partial charge in [0.1, 0.15) is 0 Å². The molecule has 1 atom stereocenters. The molecule has 0 aliphatic heterocycles. The second-order valence-electron chi connectivity index (χ2n) is 6.23. The molecule has 0 aromatic heterocycles. The normalized spacial score (nSPS) is 19.5. The van der Waals surface area contributed by atoms with E-state index in [1.807, 2.05) is 6.92 Å². The molecular weight excluding hydrogens is 216 g/mol. The average Bonchev–Trinajstić information content (AvgIpc) is 2.93. The van der Waals surface area contributed by atoms with Gasteiger partial charge in [0.15, 0.2) is 0 Å². The zero-order valence-electron chi connectivity index (χ0n) is 11.3. The van der Waals surface area contributed by atoms with Gasteiger partial charge in [-0.25, -0.2) is 0 Å². The van der Waals surface area contributed by atoms with Crippen molar-refractivity contribution in [1.29, 1.82) is 0 Å². The molecule has 0 heterocycles. The Morgan fingerprint density at radius 2 is 1.88 bits per heavy atom. The second kappa shape index (κ2) is 4.67. The zero-order chi connectivity index (χ0) is 13.3. The van der Waals surface area contributed by atoms with E-state index in [1.54, 1.807) is 0 Å². The summed E-state index contributed by atoms with van der Waals surface area (Å²) in [5, 5.41) is 2.82. The monoisotopic (exact) mass is 240 g/mol. The molecule has 1 saturated carbocycles. The van der Waals surface area contributed by atoms with Crippen molar-refractivity contribution in [3.05, 3.63) is 0 Å². The third-order valence-electron chi connectivity index (χ3n) is 3.43.